The van der Waals surface area contributed by atoms with Crippen LogP contribution in [0.5, 0.6) is 0 Å². The molecule has 0 aliphatic heterocycles. The Labute approximate surface area is 130 Å². The maximum Gasteiger partial charge on any atom is 0.0487 e. The van der Waals surface area contributed by atoms with Gasteiger partial charge < -0.3 is 5.11 Å². The Balaban J connectivity index is 1.73. The van der Waals surface area contributed by atoms with Crippen molar-refractivity contribution in [2.45, 2.75) is 71.6 Å². The van der Waals surface area contributed by atoms with Crippen LogP contribution in [0.1, 0.15) is 71.6 Å². The van der Waals surface area contributed by atoms with Crippen molar-refractivity contribution in [1.82, 2.24) is 0 Å². The van der Waals surface area contributed by atoms with Crippen LogP contribution in [0, 0.1) is 34.0 Å². The number of hydrogen-bond donors (Lipinski definition) is 1. The Morgan fingerprint density at radius 2 is 1.90 bits per heavy atom. The van der Waals surface area contributed by atoms with Crippen LogP contribution in [0.2, 0.25) is 0 Å². The molecule has 0 radical (unpaired) electrons. The Hall–Kier alpha value is -0.300. The van der Waals surface area contributed by atoms with Crippen molar-refractivity contribution in [3.63, 3.8) is 0 Å². The topological polar surface area (TPSA) is 20.2 Å². The molecule has 4 rings (SSSR count). The fourth-order valence-corrected chi connectivity index (χ4v) is 7.68. The minimum Gasteiger partial charge on any atom is -0.396 e. The van der Waals surface area contributed by atoms with Gasteiger partial charge in [0.25, 0.3) is 0 Å². The highest BCUT2D eigenvalue weighted by Crippen LogP contribution is 2.72. The lowest BCUT2D eigenvalue weighted by molar-refractivity contribution is -0.158. The second-order valence-corrected chi connectivity index (χ2v) is 9.49. The molecule has 4 aliphatic carbocycles. The third-order valence-corrected chi connectivity index (χ3v) is 8.54. The Morgan fingerprint density at radius 3 is 2.67 bits per heavy atom. The predicted molar refractivity (Wildman–Crippen MR) is 86.9 cm³/mol. The van der Waals surface area contributed by atoms with E-state index in [2.05, 4.69) is 20.4 Å². The third kappa shape index (κ3) is 1.73. The molecule has 21 heavy (non-hydrogen) atoms. The number of hydrogen-bond acceptors (Lipinski definition) is 1. The van der Waals surface area contributed by atoms with E-state index in [1.54, 1.807) is 5.57 Å². The maximum absolute atomic E-state index is 10.1. The molecular weight excluding hydrogens is 256 g/mol. The number of aliphatic hydroxyl groups excluding tert-OH is 1. The molecule has 0 aromatic rings. The molecule has 1 N–H and O–H groups in total. The number of allylic oxidation sites excluding steroid dienone is 1. The van der Waals surface area contributed by atoms with Crippen molar-refractivity contribution in [3.05, 3.63) is 12.2 Å². The summed E-state index contributed by atoms with van der Waals surface area (Å²) in [7, 11) is 0. The molecular formula is C20H32O. The van der Waals surface area contributed by atoms with Gasteiger partial charge >= 0.3 is 0 Å². The molecule has 118 valence electrons. The maximum atomic E-state index is 10.1. The first-order valence-electron chi connectivity index (χ1n) is 9.22. The summed E-state index contributed by atoms with van der Waals surface area (Å²) in [6.45, 7) is 9.77. The molecule has 1 spiro atoms. The molecule has 0 unspecified atom stereocenters. The standard InChI is InChI=1S/C20H32O/c1-14-11-20-10-7-16-18(2,13-21)8-4-9-19(16,3)17(20)6-5-15(14)12-20/h15-17,21H,1,4-13H2,2-3H3/t15-,16+,17+,18+,19-,20-/m1/s1. The van der Waals surface area contributed by atoms with Gasteiger partial charge in [0, 0.05) is 6.61 Å². The third-order valence-electron chi connectivity index (χ3n) is 8.54. The highest BCUT2D eigenvalue weighted by Gasteiger charge is 2.63. The monoisotopic (exact) mass is 288 g/mol. The van der Waals surface area contributed by atoms with Crippen LogP contribution >= 0.6 is 0 Å². The fraction of sp³-hybridized carbons (Fsp3) is 0.900. The smallest absolute Gasteiger partial charge is 0.0487 e. The van der Waals surface area contributed by atoms with Crippen LogP contribution in [-0.4, -0.2) is 11.7 Å². The summed E-state index contributed by atoms with van der Waals surface area (Å²) < 4.78 is 0. The summed E-state index contributed by atoms with van der Waals surface area (Å²) in [5.74, 6) is 2.48. The van der Waals surface area contributed by atoms with E-state index in [9.17, 15) is 5.11 Å². The molecule has 4 aliphatic rings. The van der Waals surface area contributed by atoms with Gasteiger partial charge in [-0.15, -0.1) is 0 Å². The highest BCUT2D eigenvalue weighted by atomic mass is 16.3. The molecule has 0 aromatic heterocycles. The average Bonchev–Trinajstić information content (AvgIpc) is 2.68. The van der Waals surface area contributed by atoms with Crippen molar-refractivity contribution < 1.29 is 5.11 Å². The van der Waals surface area contributed by atoms with Gasteiger partial charge in [-0.3, -0.25) is 0 Å². The van der Waals surface area contributed by atoms with E-state index in [0.717, 1.165) is 17.8 Å². The zero-order valence-electron chi connectivity index (χ0n) is 14.0. The fourth-order valence-electron chi connectivity index (χ4n) is 7.68. The molecule has 6 atom stereocenters. The minimum atomic E-state index is 0.182. The molecule has 0 saturated heterocycles. The number of rotatable bonds is 1. The van der Waals surface area contributed by atoms with Gasteiger partial charge in [0.05, 0.1) is 0 Å². The molecule has 1 nitrogen and oxygen atoms in total. The van der Waals surface area contributed by atoms with Crippen molar-refractivity contribution >= 4 is 0 Å². The molecule has 0 heterocycles. The van der Waals surface area contributed by atoms with Gasteiger partial charge in [-0.05, 0) is 85.4 Å². The van der Waals surface area contributed by atoms with Crippen LogP contribution in [0.15, 0.2) is 12.2 Å². The van der Waals surface area contributed by atoms with E-state index in [4.69, 9.17) is 0 Å². The second-order valence-electron chi connectivity index (χ2n) is 9.49. The van der Waals surface area contributed by atoms with Gasteiger partial charge in [0.1, 0.15) is 0 Å². The highest BCUT2D eigenvalue weighted by molar-refractivity contribution is 5.22. The normalized spacial score (nSPS) is 56.0. The summed E-state index contributed by atoms with van der Waals surface area (Å²) in [6, 6.07) is 0. The summed E-state index contributed by atoms with van der Waals surface area (Å²) in [5, 5.41) is 10.1. The van der Waals surface area contributed by atoms with Gasteiger partial charge in [-0.2, -0.15) is 0 Å². The van der Waals surface area contributed by atoms with Crippen LogP contribution in [0.25, 0.3) is 0 Å². The van der Waals surface area contributed by atoms with E-state index >= 15 is 0 Å². The summed E-state index contributed by atoms with van der Waals surface area (Å²) in [6.07, 6.45) is 12.3. The first-order valence-corrected chi connectivity index (χ1v) is 9.22. The van der Waals surface area contributed by atoms with Gasteiger partial charge in [0.15, 0.2) is 0 Å². The first kappa shape index (κ1) is 14.3. The van der Waals surface area contributed by atoms with Gasteiger partial charge in [-0.25, -0.2) is 0 Å². The van der Waals surface area contributed by atoms with Crippen LogP contribution in [0.3, 0.4) is 0 Å². The zero-order valence-corrected chi connectivity index (χ0v) is 14.0. The van der Waals surface area contributed by atoms with E-state index in [1.807, 2.05) is 0 Å². The molecule has 0 aromatic carbocycles. The molecule has 4 fully saturated rings. The average molecular weight is 288 g/mol. The first-order chi connectivity index (χ1) is 9.94. The van der Waals surface area contributed by atoms with Crippen molar-refractivity contribution in [2.24, 2.45) is 34.0 Å². The number of aliphatic hydroxyl groups is 1. The summed E-state index contributed by atoms with van der Waals surface area (Å²) >= 11 is 0. The van der Waals surface area contributed by atoms with Crippen LogP contribution in [0.4, 0.5) is 0 Å². The van der Waals surface area contributed by atoms with Gasteiger partial charge in [0.2, 0.25) is 0 Å². The Kier molecular flexibility index (Phi) is 2.98. The molecule has 1 heteroatoms. The summed E-state index contributed by atoms with van der Waals surface area (Å²) in [4.78, 5) is 0. The lowest BCUT2D eigenvalue weighted by Gasteiger charge is -2.64. The SMILES string of the molecule is C=C1C[C@@]23CC[C@H]4[C@](C)(CO)CCC[C@@]4(C)[C@@H]2CC[C@@H]1C3. The molecule has 4 saturated carbocycles. The molecule has 0 amide bonds. The minimum absolute atomic E-state index is 0.182. The lowest BCUT2D eigenvalue weighted by atomic mass is 9.41. The predicted octanol–water partition coefficient (Wildman–Crippen LogP) is 4.95. The zero-order chi connectivity index (χ0) is 14.9. The van der Waals surface area contributed by atoms with Crippen LogP contribution < -0.4 is 0 Å². The lowest BCUT2D eigenvalue weighted by Crippen LogP contribution is -2.57. The quantitative estimate of drug-likeness (QED) is 0.677. The van der Waals surface area contributed by atoms with E-state index in [0.29, 0.717) is 17.4 Å². The Morgan fingerprint density at radius 1 is 1.10 bits per heavy atom. The van der Waals surface area contributed by atoms with E-state index in [-0.39, 0.29) is 5.41 Å². The number of fused-ring (bicyclic) bond motifs is 3. The van der Waals surface area contributed by atoms with Crippen molar-refractivity contribution in [1.29, 1.82) is 0 Å². The van der Waals surface area contributed by atoms with Gasteiger partial charge in [-0.1, -0.05) is 32.4 Å². The van der Waals surface area contributed by atoms with Crippen LogP contribution in [-0.2, 0) is 0 Å². The Bertz CT molecular complexity index is 468. The summed E-state index contributed by atoms with van der Waals surface area (Å²) in [5.41, 5.74) is 2.82. The second kappa shape index (κ2) is 4.37. The van der Waals surface area contributed by atoms with Crippen molar-refractivity contribution in [3.8, 4) is 0 Å². The van der Waals surface area contributed by atoms with E-state index < -0.39 is 0 Å². The van der Waals surface area contributed by atoms with Crippen molar-refractivity contribution in [2.75, 3.05) is 6.61 Å². The molecule has 2 bridgehead atoms. The van der Waals surface area contributed by atoms with E-state index in [1.165, 1.54) is 57.8 Å². The largest absolute Gasteiger partial charge is 0.396 e.